The van der Waals surface area contributed by atoms with Crippen LogP contribution < -0.4 is 0 Å². The summed E-state index contributed by atoms with van der Waals surface area (Å²) in [7, 11) is 0. The summed E-state index contributed by atoms with van der Waals surface area (Å²) >= 11 is 0. The minimum atomic E-state index is 1.17. The maximum Gasteiger partial charge on any atom is -0.0152 e. The summed E-state index contributed by atoms with van der Waals surface area (Å²) in [5.41, 5.74) is 7.85. The lowest BCUT2D eigenvalue weighted by Crippen LogP contribution is -1.90. The Balaban J connectivity index is 2.60. The lowest BCUT2D eigenvalue weighted by molar-refractivity contribution is 1.27. The van der Waals surface area contributed by atoms with E-state index in [1.165, 1.54) is 33.4 Å². The van der Waals surface area contributed by atoms with Crippen LogP contribution in [0.2, 0.25) is 0 Å². The van der Waals surface area contributed by atoms with Crippen LogP contribution in [0.3, 0.4) is 0 Å². The van der Waals surface area contributed by atoms with Crippen LogP contribution in [0.15, 0.2) is 43.0 Å². The summed E-state index contributed by atoms with van der Waals surface area (Å²) in [5, 5.41) is 0. The van der Waals surface area contributed by atoms with Crippen molar-refractivity contribution in [3.63, 3.8) is 0 Å². The van der Waals surface area contributed by atoms with Crippen LogP contribution in [-0.2, 0) is 0 Å². The Labute approximate surface area is 104 Å². The van der Waals surface area contributed by atoms with E-state index in [4.69, 9.17) is 0 Å². The van der Waals surface area contributed by atoms with Crippen molar-refractivity contribution >= 4 is 6.08 Å². The zero-order valence-electron chi connectivity index (χ0n) is 10.7. The third kappa shape index (κ3) is 2.16. The van der Waals surface area contributed by atoms with Gasteiger partial charge in [0.1, 0.15) is 0 Å². The van der Waals surface area contributed by atoms with Gasteiger partial charge in [0.2, 0.25) is 0 Å². The standard InChI is InChI=1S/C17H18/c1-5-15-7-6-8-16(11-15)17-10-9-12(2)13(3)14(17)4/h5-11H,1H2,2-4H3. The fourth-order valence-corrected chi connectivity index (χ4v) is 2.10. The molecule has 0 heteroatoms. The van der Waals surface area contributed by atoms with Gasteiger partial charge in [-0.2, -0.15) is 0 Å². The smallest absolute Gasteiger partial charge is 0.0152 e. The molecule has 0 fully saturated rings. The second-order valence-electron chi connectivity index (χ2n) is 4.51. The molecule has 2 aromatic carbocycles. The summed E-state index contributed by atoms with van der Waals surface area (Å²) in [6, 6.07) is 12.9. The molecule has 0 spiro atoms. The van der Waals surface area contributed by atoms with Gasteiger partial charge in [-0.25, -0.2) is 0 Å². The molecule has 0 aromatic heterocycles. The number of benzene rings is 2. The lowest BCUT2D eigenvalue weighted by atomic mass is 9.93. The number of hydrogen-bond donors (Lipinski definition) is 0. The van der Waals surface area contributed by atoms with Crippen LogP contribution in [0.1, 0.15) is 22.3 Å². The van der Waals surface area contributed by atoms with Crippen LogP contribution in [0.25, 0.3) is 17.2 Å². The zero-order chi connectivity index (χ0) is 12.4. The first-order chi connectivity index (χ1) is 8.13. The van der Waals surface area contributed by atoms with Gasteiger partial charge in [-0.1, -0.05) is 43.0 Å². The summed E-state index contributed by atoms with van der Waals surface area (Å²) in [6.45, 7) is 10.4. The van der Waals surface area contributed by atoms with E-state index in [0.29, 0.717) is 0 Å². The topological polar surface area (TPSA) is 0 Å². The van der Waals surface area contributed by atoms with Crippen LogP contribution in [0, 0.1) is 20.8 Å². The molecule has 0 N–H and O–H groups in total. The van der Waals surface area contributed by atoms with Crippen molar-refractivity contribution in [1.82, 2.24) is 0 Å². The van der Waals surface area contributed by atoms with E-state index in [9.17, 15) is 0 Å². The van der Waals surface area contributed by atoms with E-state index in [1.807, 2.05) is 6.08 Å². The fourth-order valence-electron chi connectivity index (χ4n) is 2.10. The SMILES string of the molecule is C=Cc1cccc(-c2ccc(C)c(C)c2C)c1. The highest BCUT2D eigenvalue weighted by Crippen LogP contribution is 2.28. The van der Waals surface area contributed by atoms with Crippen molar-refractivity contribution in [3.8, 4) is 11.1 Å². The normalized spacial score (nSPS) is 10.3. The molecule has 86 valence electrons. The molecular weight excluding hydrogens is 204 g/mol. The van der Waals surface area contributed by atoms with Gasteiger partial charge in [-0.05, 0) is 60.2 Å². The first kappa shape index (κ1) is 11.7. The molecule has 0 bridgehead atoms. The van der Waals surface area contributed by atoms with E-state index in [1.54, 1.807) is 0 Å². The summed E-state index contributed by atoms with van der Waals surface area (Å²) < 4.78 is 0. The van der Waals surface area contributed by atoms with Gasteiger partial charge < -0.3 is 0 Å². The van der Waals surface area contributed by atoms with Gasteiger partial charge in [0.05, 0.1) is 0 Å². The zero-order valence-corrected chi connectivity index (χ0v) is 10.7. The molecule has 0 saturated carbocycles. The first-order valence-corrected chi connectivity index (χ1v) is 5.93. The van der Waals surface area contributed by atoms with E-state index < -0.39 is 0 Å². The molecule has 0 saturated heterocycles. The van der Waals surface area contributed by atoms with Crippen molar-refractivity contribution in [3.05, 3.63) is 65.2 Å². The van der Waals surface area contributed by atoms with Crippen LogP contribution in [0.4, 0.5) is 0 Å². The molecule has 2 rings (SSSR count). The highest BCUT2D eigenvalue weighted by molar-refractivity contribution is 5.71. The minimum absolute atomic E-state index is 1.17. The van der Waals surface area contributed by atoms with Crippen molar-refractivity contribution in [2.75, 3.05) is 0 Å². The summed E-state index contributed by atoms with van der Waals surface area (Å²) in [6.07, 6.45) is 1.89. The maximum absolute atomic E-state index is 3.82. The molecule has 0 nitrogen and oxygen atoms in total. The Kier molecular flexibility index (Phi) is 3.14. The molecule has 0 amide bonds. The van der Waals surface area contributed by atoms with Gasteiger partial charge >= 0.3 is 0 Å². The van der Waals surface area contributed by atoms with Crippen molar-refractivity contribution in [2.45, 2.75) is 20.8 Å². The Morgan fingerprint density at radius 1 is 0.941 bits per heavy atom. The summed E-state index contributed by atoms with van der Waals surface area (Å²) in [5.74, 6) is 0. The quantitative estimate of drug-likeness (QED) is 0.676. The highest BCUT2D eigenvalue weighted by Gasteiger charge is 2.05. The van der Waals surface area contributed by atoms with E-state index in [2.05, 4.69) is 63.7 Å². The molecule has 17 heavy (non-hydrogen) atoms. The van der Waals surface area contributed by atoms with Gasteiger partial charge in [-0.3, -0.25) is 0 Å². The second-order valence-corrected chi connectivity index (χ2v) is 4.51. The highest BCUT2D eigenvalue weighted by atomic mass is 14.1. The molecule has 0 aliphatic carbocycles. The minimum Gasteiger partial charge on any atom is -0.0985 e. The average Bonchev–Trinajstić information content (AvgIpc) is 2.36. The second kappa shape index (κ2) is 4.58. The fraction of sp³-hybridized carbons (Fsp3) is 0.176. The van der Waals surface area contributed by atoms with Gasteiger partial charge in [-0.15, -0.1) is 0 Å². The monoisotopic (exact) mass is 222 g/mol. The van der Waals surface area contributed by atoms with Gasteiger partial charge in [0.25, 0.3) is 0 Å². The maximum atomic E-state index is 3.82. The Bertz CT molecular complexity index is 562. The first-order valence-electron chi connectivity index (χ1n) is 5.93. The van der Waals surface area contributed by atoms with Crippen LogP contribution in [-0.4, -0.2) is 0 Å². The van der Waals surface area contributed by atoms with Crippen molar-refractivity contribution in [2.24, 2.45) is 0 Å². The molecule has 0 heterocycles. The van der Waals surface area contributed by atoms with E-state index >= 15 is 0 Å². The molecule has 0 radical (unpaired) electrons. The molecule has 2 aromatic rings. The molecular formula is C17H18. The summed E-state index contributed by atoms with van der Waals surface area (Å²) in [4.78, 5) is 0. The van der Waals surface area contributed by atoms with Gasteiger partial charge in [0, 0.05) is 0 Å². The largest absolute Gasteiger partial charge is 0.0985 e. The number of rotatable bonds is 2. The lowest BCUT2D eigenvalue weighted by Gasteiger charge is -2.12. The Morgan fingerprint density at radius 2 is 1.71 bits per heavy atom. The van der Waals surface area contributed by atoms with Crippen molar-refractivity contribution < 1.29 is 0 Å². The molecule has 0 atom stereocenters. The predicted octanol–water partition coefficient (Wildman–Crippen LogP) is 4.92. The van der Waals surface area contributed by atoms with Crippen molar-refractivity contribution in [1.29, 1.82) is 0 Å². The van der Waals surface area contributed by atoms with E-state index in [-0.39, 0.29) is 0 Å². The predicted molar refractivity (Wildman–Crippen MR) is 76.2 cm³/mol. The van der Waals surface area contributed by atoms with E-state index in [0.717, 1.165) is 0 Å². The molecule has 0 aliphatic rings. The molecule has 0 aliphatic heterocycles. The third-order valence-electron chi connectivity index (χ3n) is 3.49. The molecule has 0 unspecified atom stereocenters. The number of hydrogen-bond acceptors (Lipinski definition) is 0. The Hall–Kier alpha value is -1.82. The van der Waals surface area contributed by atoms with Crippen LogP contribution in [0.5, 0.6) is 0 Å². The van der Waals surface area contributed by atoms with Crippen LogP contribution >= 0.6 is 0 Å². The number of aryl methyl sites for hydroxylation is 1. The average molecular weight is 222 g/mol. The Morgan fingerprint density at radius 3 is 2.41 bits per heavy atom. The van der Waals surface area contributed by atoms with Gasteiger partial charge in [0.15, 0.2) is 0 Å². The third-order valence-corrected chi connectivity index (χ3v) is 3.49.